The second kappa shape index (κ2) is 7.66. The van der Waals surface area contributed by atoms with Gasteiger partial charge in [-0.1, -0.05) is 42.5 Å². The molecule has 0 N–H and O–H groups in total. The number of hydrogen-bond acceptors (Lipinski definition) is 5. The van der Waals surface area contributed by atoms with E-state index in [2.05, 4.69) is 4.90 Å². The molecule has 4 aliphatic rings. The van der Waals surface area contributed by atoms with Gasteiger partial charge in [-0.3, -0.25) is 23.9 Å². The highest BCUT2D eigenvalue weighted by molar-refractivity contribution is 6.23. The molecule has 0 radical (unpaired) electrons. The fourth-order valence-corrected chi connectivity index (χ4v) is 7.76. The molecule has 0 aliphatic carbocycles. The van der Waals surface area contributed by atoms with Gasteiger partial charge in [-0.15, -0.1) is 0 Å². The van der Waals surface area contributed by atoms with Gasteiger partial charge in [0.25, 0.3) is 5.56 Å². The Labute approximate surface area is 225 Å². The molecule has 0 bridgehead atoms. The number of para-hydroxylation sites is 3. The molecule has 3 saturated heterocycles. The van der Waals surface area contributed by atoms with Crippen molar-refractivity contribution in [1.29, 1.82) is 0 Å². The van der Waals surface area contributed by atoms with Crippen LogP contribution in [0.15, 0.2) is 77.6 Å². The molecule has 3 aromatic carbocycles. The number of carbonyl (C=O) groups excluding carboxylic acids is 2. The van der Waals surface area contributed by atoms with E-state index in [4.69, 9.17) is 4.98 Å². The van der Waals surface area contributed by atoms with Crippen LogP contribution in [0.1, 0.15) is 29.8 Å². The van der Waals surface area contributed by atoms with Crippen LogP contribution in [-0.2, 0) is 21.3 Å². The first-order valence-corrected chi connectivity index (χ1v) is 13.2. The Hall–Kier alpha value is -4.31. The third kappa shape index (κ3) is 2.64. The number of hydrogen-bond donors (Lipinski definition) is 0. The van der Waals surface area contributed by atoms with Gasteiger partial charge in [0.2, 0.25) is 11.8 Å². The Morgan fingerprint density at radius 2 is 1.55 bits per heavy atom. The van der Waals surface area contributed by atoms with Gasteiger partial charge in [0.05, 0.1) is 39.7 Å². The summed E-state index contributed by atoms with van der Waals surface area (Å²) in [5.41, 5.74) is -1.37. The van der Waals surface area contributed by atoms with E-state index in [1.807, 2.05) is 12.1 Å². The first-order chi connectivity index (χ1) is 19.3. The number of aromatic nitrogens is 2. The van der Waals surface area contributed by atoms with Crippen LogP contribution in [0.3, 0.4) is 0 Å². The molecule has 4 aromatic rings. The SMILES string of the molecule is O=C1[C@H]2[C@H]3CCCN3[C@]3(c4ccccc4-n4c3nc3ccccc3c4=O)[C@H]2C(=O)N1c1ccccc1C(F)(F)F. The first-order valence-electron chi connectivity index (χ1n) is 13.2. The number of rotatable bonds is 1. The number of nitrogens with zero attached hydrogens (tertiary/aromatic N) is 4. The molecule has 10 heteroatoms. The molecule has 1 aromatic heterocycles. The second-order valence-electron chi connectivity index (χ2n) is 10.8. The summed E-state index contributed by atoms with van der Waals surface area (Å²) in [6.07, 6.45) is -3.40. The molecule has 200 valence electrons. The Morgan fingerprint density at radius 3 is 2.35 bits per heavy atom. The van der Waals surface area contributed by atoms with Crippen molar-refractivity contribution in [2.45, 2.75) is 30.6 Å². The van der Waals surface area contributed by atoms with Crippen molar-refractivity contribution >= 4 is 28.4 Å². The molecule has 0 saturated carbocycles. The summed E-state index contributed by atoms with van der Waals surface area (Å²) < 4.78 is 43.6. The highest BCUT2D eigenvalue weighted by atomic mass is 19.4. The zero-order valence-electron chi connectivity index (χ0n) is 20.9. The van der Waals surface area contributed by atoms with Gasteiger partial charge in [-0.2, -0.15) is 13.2 Å². The summed E-state index contributed by atoms with van der Waals surface area (Å²) in [6.45, 7) is 0.564. The van der Waals surface area contributed by atoms with Crippen molar-refractivity contribution in [2.24, 2.45) is 11.8 Å². The Bertz CT molecular complexity index is 1850. The lowest BCUT2D eigenvalue weighted by molar-refractivity contribution is -0.137. The third-order valence-corrected chi connectivity index (χ3v) is 9.09. The standard InChI is InChI=1S/C30H21F3N4O3/c31-30(32,33)18-10-3-6-13-21(18)36-26(39)23-22-14-7-15-35(22)29(24(23)27(36)40)17-9-2-5-12-20(17)37-25(38)16-8-1-4-11-19(16)34-28(29)37/h1-6,8-13,22-24H,7,14-15H2/t22-,23+,24-,29-/m1/s1. The number of anilines is 1. The van der Waals surface area contributed by atoms with Crippen molar-refractivity contribution in [2.75, 3.05) is 11.4 Å². The molecule has 3 fully saturated rings. The second-order valence-corrected chi connectivity index (χ2v) is 10.8. The van der Waals surface area contributed by atoms with Crippen molar-refractivity contribution in [3.05, 3.63) is 100 Å². The van der Waals surface area contributed by atoms with Crippen LogP contribution in [0, 0.1) is 11.8 Å². The zero-order valence-corrected chi connectivity index (χ0v) is 20.9. The monoisotopic (exact) mass is 542 g/mol. The predicted octanol–water partition coefficient (Wildman–Crippen LogP) is 4.25. The predicted molar refractivity (Wildman–Crippen MR) is 139 cm³/mol. The molecule has 7 nitrogen and oxygen atoms in total. The molecule has 40 heavy (non-hydrogen) atoms. The minimum Gasteiger partial charge on any atom is -0.283 e. The van der Waals surface area contributed by atoms with E-state index in [-0.39, 0.29) is 11.6 Å². The normalized spacial score (nSPS) is 27.0. The summed E-state index contributed by atoms with van der Waals surface area (Å²) in [7, 11) is 0. The lowest BCUT2D eigenvalue weighted by Gasteiger charge is -2.38. The van der Waals surface area contributed by atoms with Crippen molar-refractivity contribution < 1.29 is 22.8 Å². The number of alkyl halides is 3. The maximum absolute atomic E-state index is 14.4. The molecule has 8 rings (SSSR count). The minimum absolute atomic E-state index is 0.292. The van der Waals surface area contributed by atoms with E-state index < -0.39 is 46.6 Å². The quantitative estimate of drug-likeness (QED) is 0.337. The van der Waals surface area contributed by atoms with Crippen LogP contribution in [0.2, 0.25) is 0 Å². The van der Waals surface area contributed by atoms with Crippen LogP contribution in [0.25, 0.3) is 16.6 Å². The van der Waals surface area contributed by atoms with Crippen molar-refractivity contribution in [1.82, 2.24) is 14.5 Å². The Balaban J connectivity index is 1.43. The molecule has 4 atom stereocenters. The third-order valence-electron chi connectivity index (χ3n) is 9.09. The molecular weight excluding hydrogens is 521 g/mol. The van der Waals surface area contributed by atoms with Crippen molar-refractivity contribution in [3.8, 4) is 5.69 Å². The number of carbonyl (C=O) groups is 2. The molecule has 2 amide bonds. The van der Waals surface area contributed by atoms with E-state index >= 15 is 0 Å². The van der Waals surface area contributed by atoms with E-state index in [0.29, 0.717) is 40.9 Å². The Kier molecular flexibility index (Phi) is 4.51. The fourth-order valence-electron chi connectivity index (χ4n) is 7.76. The zero-order chi connectivity index (χ0) is 27.6. The molecular formula is C30H21F3N4O3. The maximum Gasteiger partial charge on any atom is 0.418 e. The van der Waals surface area contributed by atoms with Crippen molar-refractivity contribution in [3.63, 3.8) is 0 Å². The summed E-state index contributed by atoms with van der Waals surface area (Å²) in [6, 6.07) is 18.5. The highest BCUT2D eigenvalue weighted by Gasteiger charge is 2.74. The first kappa shape index (κ1) is 23.6. The van der Waals surface area contributed by atoms with Gasteiger partial charge in [-0.05, 0) is 49.7 Å². The van der Waals surface area contributed by atoms with Gasteiger partial charge in [0.15, 0.2) is 0 Å². The topological polar surface area (TPSA) is 75.5 Å². The van der Waals surface area contributed by atoms with E-state index in [1.165, 1.54) is 22.8 Å². The number of halogens is 3. The average Bonchev–Trinajstić information content (AvgIpc) is 3.66. The van der Waals surface area contributed by atoms with Crippen LogP contribution in [0.5, 0.6) is 0 Å². The molecule has 1 spiro atoms. The van der Waals surface area contributed by atoms with Gasteiger partial charge >= 0.3 is 6.18 Å². The maximum atomic E-state index is 14.4. The molecule has 0 unspecified atom stereocenters. The summed E-state index contributed by atoms with van der Waals surface area (Å²) in [5.74, 6) is -2.93. The minimum atomic E-state index is -4.76. The highest BCUT2D eigenvalue weighted by Crippen LogP contribution is 2.62. The largest absolute Gasteiger partial charge is 0.418 e. The lowest BCUT2D eigenvalue weighted by atomic mass is 9.75. The number of fused-ring (bicyclic) bond motifs is 11. The number of amides is 2. The van der Waals surface area contributed by atoms with Gasteiger partial charge in [0, 0.05) is 11.6 Å². The number of benzene rings is 3. The van der Waals surface area contributed by atoms with Crippen LogP contribution in [-0.4, -0.2) is 38.9 Å². The summed E-state index contributed by atoms with van der Waals surface area (Å²) in [4.78, 5) is 50.2. The molecule has 5 heterocycles. The fraction of sp³-hybridized carbons (Fsp3) is 0.267. The Morgan fingerprint density at radius 1 is 0.850 bits per heavy atom. The van der Waals surface area contributed by atoms with E-state index in [1.54, 1.807) is 36.4 Å². The van der Waals surface area contributed by atoms with Crippen LogP contribution in [0.4, 0.5) is 18.9 Å². The lowest BCUT2D eigenvalue weighted by Crippen LogP contribution is -2.51. The van der Waals surface area contributed by atoms with Crippen LogP contribution < -0.4 is 10.5 Å². The average molecular weight is 543 g/mol. The van der Waals surface area contributed by atoms with Gasteiger partial charge < -0.3 is 0 Å². The summed E-state index contributed by atoms with van der Waals surface area (Å²) >= 11 is 0. The smallest absolute Gasteiger partial charge is 0.283 e. The summed E-state index contributed by atoms with van der Waals surface area (Å²) in [5, 5.41) is 0.417. The van der Waals surface area contributed by atoms with Gasteiger partial charge in [-0.25, -0.2) is 9.88 Å². The van der Waals surface area contributed by atoms with E-state index in [0.717, 1.165) is 17.4 Å². The number of imide groups is 1. The van der Waals surface area contributed by atoms with E-state index in [9.17, 15) is 27.6 Å². The van der Waals surface area contributed by atoms with Crippen LogP contribution >= 0.6 is 0 Å². The molecule has 4 aliphatic heterocycles. The van der Waals surface area contributed by atoms with Gasteiger partial charge in [0.1, 0.15) is 11.4 Å².